The van der Waals surface area contributed by atoms with Gasteiger partial charge in [-0.1, -0.05) is 18.2 Å². The minimum Gasteiger partial charge on any atom is -0.346 e. The lowest BCUT2D eigenvalue weighted by Gasteiger charge is -2.20. The Morgan fingerprint density at radius 3 is 2.65 bits per heavy atom. The van der Waals surface area contributed by atoms with Crippen molar-refractivity contribution in [3.63, 3.8) is 0 Å². The molecule has 2 rings (SSSR count). The minimum absolute atomic E-state index is 0.136. The third-order valence-electron chi connectivity index (χ3n) is 3.33. The molecule has 0 spiro atoms. The van der Waals surface area contributed by atoms with E-state index in [9.17, 15) is 0 Å². The Bertz CT molecular complexity index is 633. The van der Waals surface area contributed by atoms with E-state index in [1.165, 1.54) is 16.5 Å². The van der Waals surface area contributed by atoms with Gasteiger partial charge in [0.25, 0.3) is 0 Å². The molecule has 2 aromatic rings. The highest BCUT2D eigenvalue weighted by atomic mass is 15.0. The Kier molecular flexibility index (Phi) is 4.52. The summed E-state index contributed by atoms with van der Waals surface area (Å²) in [6.45, 7) is 10.3. The number of fused-ring (bicyclic) bond motifs is 1. The largest absolute Gasteiger partial charge is 0.346 e. The van der Waals surface area contributed by atoms with Gasteiger partial charge in [0.05, 0.1) is 0 Å². The molecular weight excluding hydrogens is 244 g/mol. The smallest absolute Gasteiger partial charge is 0.0483 e. The Hall–Kier alpha value is -1.72. The zero-order valence-corrected chi connectivity index (χ0v) is 13.0. The fourth-order valence-corrected chi connectivity index (χ4v) is 2.31. The van der Waals surface area contributed by atoms with Gasteiger partial charge in [0.15, 0.2) is 0 Å². The molecule has 1 aromatic carbocycles. The van der Waals surface area contributed by atoms with E-state index in [1.54, 1.807) is 0 Å². The summed E-state index contributed by atoms with van der Waals surface area (Å²) in [5.74, 6) is 6.10. The SMILES string of the molecule is CC#CCCn1cc(CNC(C)(C)C)c2ccccc21. The van der Waals surface area contributed by atoms with Crippen LogP contribution in [0.1, 0.15) is 39.7 Å². The molecule has 0 atom stereocenters. The maximum absolute atomic E-state index is 3.57. The van der Waals surface area contributed by atoms with Gasteiger partial charge in [-0.25, -0.2) is 0 Å². The summed E-state index contributed by atoms with van der Waals surface area (Å²) in [6, 6.07) is 8.61. The average molecular weight is 268 g/mol. The molecule has 0 amide bonds. The van der Waals surface area contributed by atoms with E-state index in [0.717, 1.165) is 19.5 Å². The number of aryl methyl sites for hydroxylation is 1. The van der Waals surface area contributed by atoms with Crippen molar-refractivity contribution in [2.45, 2.75) is 52.7 Å². The molecular formula is C18H24N2. The van der Waals surface area contributed by atoms with Crippen molar-refractivity contribution >= 4 is 10.9 Å². The second-order valence-corrected chi connectivity index (χ2v) is 6.15. The van der Waals surface area contributed by atoms with Crippen molar-refractivity contribution in [2.24, 2.45) is 0 Å². The normalized spacial score (nSPS) is 11.4. The fraction of sp³-hybridized carbons (Fsp3) is 0.444. The Balaban J connectivity index is 2.27. The summed E-state index contributed by atoms with van der Waals surface area (Å²) in [5, 5.41) is 4.91. The average Bonchev–Trinajstić information content (AvgIpc) is 2.75. The highest BCUT2D eigenvalue weighted by Gasteiger charge is 2.12. The molecule has 0 radical (unpaired) electrons. The standard InChI is InChI=1S/C18H24N2/c1-5-6-9-12-20-14-15(13-19-18(2,3)4)16-10-7-8-11-17(16)20/h7-8,10-11,14,19H,9,12-13H2,1-4H3. The van der Waals surface area contributed by atoms with E-state index < -0.39 is 0 Å². The van der Waals surface area contributed by atoms with E-state index in [-0.39, 0.29) is 5.54 Å². The molecule has 0 unspecified atom stereocenters. The van der Waals surface area contributed by atoms with Gasteiger partial charge < -0.3 is 9.88 Å². The summed E-state index contributed by atoms with van der Waals surface area (Å²) < 4.78 is 2.32. The quantitative estimate of drug-likeness (QED) is 0.831. The third kappa shape index (κ3) is 3.65. The van der Waals surface area contributed by atoms with Crippen LogP contribution >= 0.6 is 0 Å². The number of rotatable bonds is 4. The molecule has 0 aliphatic heterocycles. The van der Waals surface area contributed by atoms with Gasteiger partial charge in [0, 0.05) is 42.1 Å². The van der Waals surface area contributed by atoms with Crippen LogP contribution in [0.4, 0.5) is 0 Å². The van der Waals surface area contributed by atoms with Gasteiger partial charge in [-0.2, -0.15) is 0 Å². The number of hydrogen-bond acceptors (Lipinski definition) is 1. The summed E-state index contributed by atoms with van der Waals surface area (Å²) >= 11 is 0. The van der Waals surface area contributed by atoms with Gasteiger partial charge >= 0.3 is 0 Å². The summed E-state index contributed by atoms with van der Waals surface area (Å²) in [7, 11) is 0. The molecule has 0 aliphatic carbocycles. The first-order valence-corrected chi connectivity index (χ1v) is 7.22. The fourth-order valence-electron chi connectivity index (χ4n) is 2.31. The maximum Gasteiger partial charge on any atom is 0.0483 e. The van der Waals surface area contributed by atoms with Crippen LogP contribution in [0.3, 0.4) is 0 Å². The highest BCUT2D eigenvalue weighted by Crippen LogP contribution is 2.22. The first kappa shape index (κ1) is 14.7. The second-order valence-electron chi connectivity index (χ2n) is 6.15. The van der Waals surface area contributed by atoms with E-state index in [4.69, 9.17) is 0 Å². The molecule has 2 heteroatoms. The van der Waals surface area contributed by atoms with Gasteiger partial charge in [-0.15, -0.1) is 11.8 Å². The molecule has 0 saturated carbocycles. The van der Waals surface area contributed by atoms with Gasteiger partial charge in [0.1, 0.15) is 0 Å². The minimum atomic E-state index is 0.136. The lowest BCUT2D eigenvalue weighted by atomic mass is 10.1. The van der Waals surface area contributed by atoms with Crippen LogP contribution in [0.2, 0.25) is 0 Å². The van der Waals surface area contributed by atoms with Crippen molar-refractivity contribution in [1.29, 1.82) is 0 Å². The highest BCUT2D eigenvalue weighted by molar-refractivity contribution is 5.83. The molecule has 1 aromatic heterocycles. The lowest BCUT2D eigenvalue weighted by Crippen LogP contribution is -2.34. The van der Waals surface area contributed by atoms with Crippen LogP contribution in [0, 0.1) is 11.8 Å². The molecule has 0 bridgehead atoms. The molecule has 1 heterocycles. The van der Waals surface area contributed by atoms with Crippen LogP contribution in [0.5, 0.6) is 0 Å². The van der Waals surface area contributed by atoms with Crippen molar-refractivity contribution in [1.82, 2.24) is 9.88 Å². The molecule has 20 heavy (non-hydrogen) atoms. The second kappa shape index (κ2) is 6.15. The van der Waals surface area contributed by atoms with Crippen LogP contribution < -0.4 is 5.32 Å². The molecule has 0 saturated heterocycles. The number of nitrogens with one attached hydrogen (secondary N) is 1. The number of para-hydroxylation sites is 1. The predicted molar refractivity (Wildman–Crippen MR) is 86.6 cm³/mol. The number of benzene rings is 1. The van der Waals surface area contributed by atoms with Crippen molar-refractivity contribution in [3.8, 4) is 11.8 Å². The van der Waals surface area contributed by atoms with Crippen molar-refractivity contribution in [3.05, 3.63) is 36.0 Å². The summed E-state index contributed by atoms with van der Waals surface area (Å²) in [5.41, 5.74) is 2.80. The first-order valence-electron chi connectivity index (χ1n) is 7.22. The topological polar surface area (TPSA) is 17.0 Å². The summed E-state index contributed by atoms with van der Waals surface area (Å²) in [4.78, 5) is 0. The van der Waals surface area contributed by atoms with E-state index >= 15 is 0 Å². The molecule has 1 N–H and O–H groups in total. The van der Waals surface area contributed by atoms with E-state index in [1.807, 2.05) is 6.92 Å². The lowest BCUT2D eigenvalue weighted by molar-refractivity contribution is 0.425. The summed E-state index contributed by atoms with van der Waals surface area (Å²) in [6.07, 6.45) is 3.17. The molecule has 106 valence electrons. The number of aromatic nitrogens is 1. The zero-order chi connectivity index (χ0) is 14.6. The number of hydrogen-bond donors (Lipinski definition) is 1. The predicted octanol–water partition coefficient (Wildman–Crippen LogP) is 3.94. The van der Waals surface area contributed by atoms with Crippen molar-refractivity contribution < 1.29 is 0 Å². The van der Waals surface area contributed by atoms with Gasteiger partial charge in [-0.05, 0) is 39.3 Å². The Morgan fingerprint density at radius 1 is 1.20 bits per heavy atom. The van der Waals surface area contributed by atoms with E-state index in [2.05, 4.69) is 73.0 Å². The van der Waals surface area contributed by atoms with Crippen LogP contribution in [0.25, 0.3) is 10.9 Å². The zero-order valence-electron chi connectivity index (χ0n) is 13.0. The molecule has 0 fully saturated rings. The van der Waals surface area contributed by atoms with E-state index in [0.29, 0.717) is 0 Å². The third-order valence-corrected chi connectivity index (χ3v) is 3.33. The molecule has 2 nitrogen and oxygen atoms in total. The van der Waals surface area contributed by atoms with Crippen LogP contribution in [-0.4, -0.2) is 10.1 Å². The van der Waals surface area contributed by atoms with Crippen LogP contribution in [-0.2, 0) is 13.1 Å². The van der Waals surface area contributed by atoms with Crippen LogP contribution in [0.15, 0.2) is 30.5 Å². The Morgan fingerprint density at radius 2 is 1.95 bits per heavy atom. The maximum atomic E-state index is 3.57. The van der Waals surface area contributed by atoms with Crippen molar-refractivity contribution in [2.75, 3.05) is 0 Å². The number of nitrogens with zero attached hydrogens (tertiary/aromatic N) is 1. The Labute approximate surface area is 122 Å². The monoisotopic (exact) mass is 268 g/mol. The first-order chi connectivity index (χ1) is 9.51. The molecule has 0 aliphatic rings. The van der Waals surface area contributed by atoms with Gasteiger partial charge in [-0.3, -0.25) is 0 Å². The van der Waals surface area contributed by atoms with Gasteiger partial charge in [0.2, 0.25) is 0 Å².